The predicted molar refractivity (Wildman–Crippen MR) is 114 cm³/mol. The second-order valence-electron chi connectivity index (χ2n) is 7.63. The van der Waals surface area contributed by atoms with Crippen LogP contribution in [0.2, 0.25) is 0 Å². The van der Waals surface area contributed by atoms with Gasteiger partial charge < -0.3 is 9.80 Å². The number of carbonyl (C=O) groups is 2. The van der Waals surface area contributed by atoms with Crippen molar-refractivity contribution in [1.29, 1.82) is 0 Å². The summed E-state index contributed by atoms with van der Waals surface area (Å²) < 4.78 is 0. The molecular formula is C21H27N5O2S. The topological polar surface area (TPSA) is 68.8 Å². The molecule has 2 aliphatic heterocycles. The normalized spacial score (nSPS) is 18.6. The third kappa shape index (κ3) is 5.13. The van der Waals surface area contributed by atoms with Crippen molar-refractivity contribution in [1.82, 2.24) is 19.7 Å². The first-order valence-corrected chi connectivity index (χ1v) is 11.1. The van der Waals surface area contributed by atoms with E-state index in [1.807, 2.05) is 51.8 Å². The number of aromatic nitrogens is 1. The number of pyridine rings is 1. The Balaban J connectivity index is 1.20. The number of likely N-dealkylation sites (tertiary alicyclic amines) is 1. The van der Waals surface area contributed by atoms with Crippen molar-refractivity contribution in [2.24, 2.45) is 5.92 Å². The predicted octanol–water partition coefficient (Wildman–Crippen LogP) is 2.73. The molecule has 7 nitrogen and oxygen atoms in total. The third-order valence-corrected chi connectivity index (χ3v) is 6.51. The van der Waals surface area contributed by atoms with Crippen molar-refractivity contribution in [3.05, 3.63) is 47.6 Å². The molecule has 154 valence electrons. The van der Waals surface area contributed by atoms with Crippen LogP contribution < -0.4 is 5.32 Å². The molecule has 4 heterocycles. The number of urea groups is 1. The van der Waals surface area contributed by atoms with Gasteiger partial charge in [0.2, 0.25) is 5.91 Å². The molecular weight excluding hydrogens is 386 g/mol. The van der Waals surface area contributed by atoms with E-state index in [0.717, 1.165) is 50.6 Å². The fourth-order valence-corrected chi connectivity index (χ4v) is 4.60. The number of hydrogen-bond acceptors (Lipinski definition) is 5. The quantitative estimate of drug-likeness (QED) is 0.837. The Labute approximate surface area is 175 Å². The highest BCUT2D eigenvalue weighted by Crippen LogP contribution is 2.22. The highest BCUT2D eigenvalue weighted by molar-refractivity contribution is 7.14. The Hall–Kier alpha value is -2.45. The highest BCUT2D eigenvalue weighted by atomic mass is 32.1. The average molecular weight is 414 g/mol. The molecule has 2 aromatic heterocycles. The Morgan fingerprint density at radius 1 is 1.00 bits per heavy atom. The molecule has 0 saturated carbocycles. The number of nitrogens with zero attached hydrogens (tertiary/aromatic N) is 4. The molecule has 2 saturated heterocycles. The number of hydrogen-bond donors (Lipinski definition) is 1. The molecule has 0 aliphatic carbocycles. The van der Waals surface area contributed by atoms with Gasteiger partial charge in [-0.2, -0.15) is 0 Å². The Kier molecular flexibility index (Phi) is 6.41. The second-order valence-corrected chi connectivity index (χ2v) is 8.57. The molecule has 0 unspecified atom stereocenters. The van der Waals surface area contributed by atoms with E-state index >= 15 is 0 Å². The van der Waals surface area contributed by atoms with E-state index in [1.165, 1.54) is 16.9 Å². The molecule has 8 heteroatoms. The summed E-state index contributed by atoms with van der Waals surface area (Å²) >= 11 is 1.51. The second kappa shape index (κ2) is 9.37. The summed E-state index contributed by atoms with van der Waals surface area (Å²) in [5.74, 6) is 0.291. The van der Waals surface area contributed by atoms with E-state index in [0.29, 0.717) is 13.1 Å². The van der Waals surface area contributed by atoms with Gasteiger partial charge in [-0.3, -0.25) is 20.0 Å². The van der Waals surface area contributed by atoms with Crippen molar-refractivity contribution in [2.45, 2.75) is 19.4 Å². The lowest BCUT2D eigenvalue weighted by atomic mass is 9.95. The number of amides is 3. The maximum absolute atomic E-state index is 12.9. The smallest absolute Gasteiger partial charge is 0.322 e. The van der Waals surface area contributed by atoms with Crippen LogP contribution in [-0.2, 0) is 11.3 Å². The number of piperidine rings is 1. The van der Waals surface area contributed by atoms with Gasteiger partial charge in [0.05, 0.1) is 5.00 Å². The van der Waals surface area contributed by atoms with E-state index < -0.39 is 0 Å². The molecule has 1 N–H and O–H groups in total. The van der Waals surface area contributed by atoms with Crippen molar-refractivity contribution in [3.8, 4) is 0 Å². The first-order chi connectivity index (χ1) is 14.2. The standard InChI is InChI=1S/C21H27N5O2S/c27-20(25-13-11-24(12-14-25)16-17-3-7-22-8-4-17)18-5-9-26(10-6-18)21(28)23-19-2-1-15-29-19/h1-4,7-8,15,18H,5-6,9-14,16H2,(H,23,28). The van der Waals surface area contributed by atoms with Crippen molar-refractivity contribution in [2.75, 3.05) is 44.6 Å². The number of nitrogens with one attached hydrogen (secondary N) is 1. The fourth-order valence-electron chi connectivity index (χ4n) is 3.99. The first kappa shape index (κ1) is 19.8. The van der Waals surface area contributed by atoms with Gasteiger partial charge in [0.25, 0.3) is 0 Å². The van der Waals surface area contributed by atoms with E-state index in [4.69, 9.17) is 0 Å². The highest BCUT2D eigenvalue weighted by Gasteiger charge is 2.31. The summed E-state index contributed by atoms with van der Waals surface area (Å²) in [4.78, 5) is 35.6. The van der Waals surface area contributed by atoms with Crippen LogP contribution in [0.1, 0.15) is 18.4 Å². The Bertz CT molecular complexity index is 798. The minimum absolute atomic E-state index is 0.0348. The van der Waals surface area contributed by atoms with Crippen LogP contribution in [0.4, 0.5) is 9.80 Å². The minimum Gasteiger partial charge on any atom is -0.340 e. The summed E-state index contributed by atoms with van der Waals surface area (Å²) in [7, 11) is 0. The van der Waals surface area contributed by atoms with E-state index in [2.05, 4.69) is 15.2 Å². The number of anilines is 1. The molecule has 0 aromatic carbocycles. The van der Waals surface area contributed by atoms with Gasteiger partial charge >= 0.3 is 6.03 Å². The molecule has 29 heavy (non-hydrogen) atoms. The van der Waals surface area contributed by atoms with Gasteiger partial charge in [-0.25, -0.2) is 4.79 Å². The summed E-state index contributed by atoms with van der Waals surface area (Å²) in [6.07, 6.45) is 5.13. The number of piperazine rings is 1. The van der Waals surface area contributed by atoms with Crippen LogP contribution in [0.15, 0.2) is 42.0 Å². The monoisotopic (exact) mass is 413 g/mol. The lowest BCUT2D eigenvalue weighted by molar-refractivity contribution is -0.138. The maximum atomic E-state index is 12.9. The summed E-state index contributed by atoms with van der Waals surface area (Å²) in [5.41, 5.74) is 1.26. The molecule has 0 bridgehead atoms. The molecule has 0 atom stereocenters. The van der Waals surface area contributed by atoms with Crippen LogP contribution in [0, 0.1) is 5.92 Å². The van der Waals surface area contributed by atoms with Crippen LogP contribution in [-0.4, -0.2) is 70.9 Å². The van der Waals surface area contributed by atoms with E-state index in [9.17, 15) is 9.59 Å². The van der Waals surface area contributed by atoms with Crippen molar-refractivity contribution in [3.63, 3.8) is 0 Å². The maximum Gasteiger partial charge on any atom is 0.322 e. The fraction of sp³-hybridized carbons (Fsp3) is 0.476. The van der Waals surface area contributed by atoms with Crippen LogP contribution in [0.25, 0.3) is 0 Å². The zero-order chi connectivity index (χ0) is 20.1. The number of thiophene rings is 1. The van der Waals surface area contributed by atoms with Gasteiger partial charge in [0.15, 0.2) is 0 Å². The SMILES string of the molecule is O=C(Nc1cccs1)N1CCC(C(=O)N2CCN(Cc3ccncc3)CC2)CC1. The molecule has 2 aromatic rings. The van der Waals surface area contributed by atoms with Crippen molar-refractivity contribution >= 4 is 28.3 Å². The number of carbonyl (C=O) groups excluding carboxylic acids is 2. The lowest BCUT2D eigenvalue weighted by Gasteiger charge is -2.38. The van der Waals surface area contributed by atoms with Gasteiger partial charge in [0.1, 0.15) is 0 Å². The van der Waals surface area contributed by atoms with Gasteiger partial charge in [-0.05, 0) is 48.1 Å². The zero-order valence-corrected chi connectivity index (χ0v) is 17.3. The lowest BCUT2D eigenvalue weighted by Crippen LogP contribution is -2.51. The molecule has 2 fully saturated rings. The summed E-state index contributed by atoms with van der Waals surface area (Å²) in [6, 6.07) is 7.83. The Morgan fingerprint density at radius 3 is 2.38 bits per heavy atom. The van der Waals surface area contributed by atoms with Crippen molar-refractivity contribution < 1.29 is 9.59 Å². The van der Waals surface area contributed by atoms with Crippen LogP contribution in [0.5, 0.6) is 0 Å². The first-order valence-electron chi connectivity index (χ1n) is 10.2. The molecule has 0 spiro atoms. The number of rotatable bonds is 4. The van der Waals surface area contributed by atoms with E-state index in [-0.39, 0.29) is 17.9 Å². The summed E-state index contributed by atoms with van der Waals surface area (Å²) in [5, 5.41) is 5.73. The van der Waals surface area contributed by atoms with Crippen LogP contribution in [0.3, 0.4) is 0 Å². The van der Waals surface area contributed by atoms with Gasteiger partial charge in [0, 0.05) is 64.1 Å². The zero-order valence-electron chi connectivity index (χ0n) is 16.5. The molecule has 2 aliphatic rings. The summed E-state index contributed by atoms with van der Waals surface area (Å²) in [6.45, 7) is 5.53. The largest absolute Gasteiger partial charge is 0.340 e. The average Bonchev–Trinajstić information content (AvgIpc) is 3.28. The van der Waals surface area contributed by atoms with Gasteiger partial charge in [-0.1, -0.05) is 0 Å². The molecule has 3 amide bonds. The van der Waals surface area contributed by atoms with Crippen LogP contribution >= 0.6 is 11.3 Å². The molecule has 4 rings (SSSR count). The Morgan fingerprint density at radius 2 is 1.72 bits per heavy atom. The molecule has 0 radical (unpaired) electrons. The van der Waals surface area contributed by atoms with Gasteiger partial charge in [-0.15, -0.1) is 11.3 Å². The third-order valence-electron chi connectivity index (χ3n) is 5.72. The van der Waals surface area contributed by atoms with E-state index in [1.54, 1.807) is 0 Å². The minimum atomic E-state index is -0.0666.